The Kier molecular flexibility index (Phi) is 6.80. The number of fused-ring (bicyclic) bond motifs is 1. The summed E-state index contributed by atoms with van der Waals surface area (Å²) in [4.78, 5) is 31.6. The van der Waals surface area contributed by atoms with Crippen LogP contribution in [-0.4, -0.2) is 32.6 Å². The number of para-hydroxylation sites is 1. The number of thiocarbonyl (C=S) groups is 1. The zero-order valence-corrected chi connectivity index (χ0v) is 19.4. The monoisotopic (exact) mass is 467 g/mol. The highest BCUT2D eigenvalue weighted by Crippen LogP contribution is 2.33. The van der Waals surface area contributed by atoms with Crippen LogP contribution in [0.5, 0.6) is 0 Å². The van der Waals surface area contributed by atoms with E-state index in [1.54, 1.807) is 4.90 Å². The molecule has 4 rings (SSSR count). The predicted molar refractivity (Wildman–Crippen MR) is 133 cm³/mol. The van der Waals surface area contributed by atoms with Gasteiger partial charge < -0.3 is 5.32 Å². The van der Waals surface area contributed by atoms with Crippen LogP contribution in [-0.2, 0) is 16.0 Å². The quantitative estimate of drug-likeness (QED) is 0.368. The number of carbonyl (C=O) groups is 2. The Morgan fingerprint density at radius 3 is 2.71 bits per heavy atom. The van der Waals surface area contributed by atoms with Gasteiger partial charge in [0, 0.05) is 13.0 Å². The fraction of sp³-hybridized carbons (Fsp3) is 0.217. The Labute approximate surface area is 194 Å². The van der Waals surface area contributed by atoms with Gasteiger partial charge in [-0.25, -0.2) is 4.98 Å². The summed E-state index contributed by atoms with van der Waals surface area (Å²) in [6, 6.07) is 15.9. The maximum absolute atomic E-state index is 12.7. The number of thiazole rings is 1. The number of nitrogens with one attached hydrogen (secondary N) is 1. The minimum Gasteiger partial charge on any atom is -0.302 e. The fourth-order valence-corrected chi connectivity index (χ4v) is 5.39. The smallest absolute Gasteiger partial charge is 0.266 e. The molecule has 0 spiro atoms. The lowest BCUT2D eigenvalue weighted by Gasteiger charge is -2.13. The number of nitrogens with zero attached hydrogens (tertiary/aromatic N) is 2. The van der Waals surface area contributed by atoms with Crippen LogP contribution in [0.4, 0.5) is 5.13 Å². The first-order valence-corrected chi connectivity index (χ1v) is 12.1. The number of amides is 2. The molecule has 0 radical (unpaired) electrons. The third kappa shape index (κ3) is 5.20. The Balaban J connectivity index is 1.30. The van der Waals surface area contributed by atoms with Gasteiger partial charge in [0.25, 0.3) is 5.91 Å². The Morgan fingerprint density at radius 2 is 1.97 bits per heavy atom. The summed E-state index contributed by atoms with van der Waals surface area (Å²) in [6.45, 7) is 2.53. The minimum absolute atomic E-state index is 0.0962. The molecule has 3 aromatic rings. The van der Waals surface area contributed by atoms with Crippen LogP contribution in [0.2, 0.25) is 0 Å². The molecule has 31 heavy (non-hydrogen) atoms. The normalized spacial score (nSPS) is 15.3. The van der Waals surface area contributed by atoms with Crippen LogP contribution >= 0.6 is 35.3 Å². The van der Waals surface area contributed by atoms with Gasteiger partial charge in [-0.15, -0.1) is 0 Å². The van der Waals surface area contributed by atoms with Crippen molar-refractivity contribution in [3.63, 3.8) is 0 Å². The van der Waals surface area contributed by atoms with Crippen LogP contribution in [0.1, 0.15) is 30.9 Å². The van der Waals surface area contributed by atoms with Gasteiger partial charge >= 0.3 is 0 Å². The summed E-state index contributed by atoms with van der Waals surface area (Å²) in [5.41, 5.74) is 3.11. The van der Waals surface area contributed by atoms with E-state index in [0.717, 1.165) is 22.2 Å². The van der Waals surface area contributed by atoms with Crippen molar-refractivity contribution in [2.75, 3.05) is 11.9 Å². The number of benzene rings is 2. The molecule has 0 bridgehead atoms. The van der Waals surface area contributed by atoms with Gasteiger partial charge in [0.05, 0.1) is 15.1 Å². The van der Waals surface area contributed by atoms with Crippen molar-refractivity contribution < 1.29 is 9.59 Å². The highest BCUT2D eigenvalue weighted by molar-refractivity contribution is 8.26. The molecule has 0 aliphatic carbocycles. The van der Waals surface area contributed by atoms with E-state index >= 15 is 0 Å². The zero-order chi connectivity index (χ0) is 21.8. The molecule has 1 aromatic heterocycles. The number of anilines is 1. The number of aromatic nitrogens is 1. The highest BCUT2D eigenvalue weighted by atomic mass is 32.2. The average molecular weight is 468 g/mol. The molecule has 1 aliphatic rings. The van der Waals surface area contributed by atoms with Crippen molar-refractivity contribution in [3.8, 4) is 0 Å². The first-order valence-electron chi connectivity index (χ1n) is 10.0. The summed E-state index contributed by atoms with van der Waals surface area (Å²) in [6.07, 6.45) is 3.68. The van der Waals surface area contributed by atoms with Gasteiger partial charge in [-0.3, -0.25) is 14.5 Å². The number of hydrogen-bond donors (Lipinski definition) is 1. The van der Waals surface area contributed by atoms with E-state index in [1.165, 1.54) is 28.7 Å². The van der Waals surface area contributed by atoms with Crippen LogP contribution in [0.15, 0.2) is 53.4 Å². The van der Waals surface area contributed by atoms with Crippen molar-refractivity contribution in [2.24, 2.45) is 0 Å². The van der Waals surface area contributed by atoms with E-state index < -0.39 is 0 Å². The van der Waals surface area contributed by atoms with Gasteiger partial charge in [0.2, 0.25) is 5.91 Å². The summed E-state index contributed by atoms with van der Waals surface area (Å²) in [5, 5.41) is 3.44. The summed E-state index contributed by atoms with van der Waals surface area (Å²) in [5.74, 6) is -0.211. The van der Waals surface area contributed by atoms with Gasteiger partial charge in [0.15, 0.2) is 5.13 Å². The fourth-order valence-electron chi connectivity index (χ4n) is 3.20. The van der Waals surface area contributed by atoms with Gasteiger partial charge in [0.1, 0.15) is 4.32 Å². The second-order valence-electron chi connectivity index (χ2n) is 7.07. The average Bonchev–Trinajstić information content (AvgIpc) is 3.29. The molecule has 0 saturated carbocycles. The molecule has 5 nitrogen and oxygen atoms in total. The maximum Gasteiger partial charge on any atom is 0.266 e. The van der Waals surface area contributed by atoms with E-state index in [9.17, 15) is 9.59 Å². The van der Waals surface area contributed by atoms with Crippen molar-refractivity contribution in [1.29, 1.82) is 0 Å². The molecule has 158 valence electrons. The highest BCUT2D eigenvalue weighted by Gasteiger charge is 2.31. The summed E-state index contributed by atoms with van der Waals surface area (Å²) in [7, 11) is 0. The molecular weight excluding hydrogens is 446 g/mol. The van der Waals surface area contributed by atoms with E-state index in [1.807, 2.05) is 42.5 Å². The van der Waals surface area contributed by atoms with Crippen molar-refractivity contribution in [1.82, 2.24) is 9.88 Å². The second kappa shape index (κ2) is 9.72. The van der Waals surface area contributed by atoms with Crippen LogP contribution < -0.4 is 5.32 Å². The summed E-state index contributed by atoms with van der Waals surface area (Å²) >= 11 is 8.15. The largest absolute Gasteiger partial charge is 0.302 e. The Hall–Kier alpha value is -2.55. The number of carbonyl (C=O) groups excluding carboxylic acids is 2. The van der Waals surface area contributed by atoms with Crippen molar-refractivity contribution in [3.05, 3.63) is 64.6 Å². The molecule has 1 fully saturated rings. The van der Waals surface area contributed by atoms with Crippen molar-refractivity contribution >= 4 is 72.9 Å². The molecule has 2 aromatic carbocycles. The van der Waals surface area contributed by atoms with Gasteiger partial charge in [-0.2, -0.15) is 0 Å². The molecule has 2 amide bonds. The van der Waals surface area contributed by atoms with Gasteiger partial charge in [-0.1, -0.05) is 78.6 Å². The van der Waals surface area contributed by atoms with Gasteiger partial charge in [-0.05, 0) is 42.2 Å². The maximum atomic E-state index is 12.7. The minimum atomic E-state index is -0.115. The van der Waals surface area contributed by atoms with E-state index in [0.29, 0.717) is 33.7 Å². The number of hydrogen-bond acceptors (Lipinski definition) is 6. The molecule has 1 aliphatic heterocycles. The second-order valence-corrected chi connectivity index (χ2v) is 9.77. The molecule has 1 N–H and O–H groups in total. The van der Waals surface area contributed by atoms with E-state index in [4.69, 9.17) is 12.2 Å². The third-order valence-corrected chi connectivity index (χ3v) is 7.21. The zero-order valence-electron chi connectivity index (χ0n) is 17.0. The number of aryl methyl sites for hydroxylation is 1. The lowest BCUT2D eigenvalue weighted by molar-refractivity contribution is -0.122. The third-order valence-electron chi connectivity index (χ3n) is 4.89. The number of rotatable bonds is 7. The van der Waals surface area contributed by atoms with Crippen LogP contribution in [0.25, 0.3) is 16.3 Å². The molecule has 0 unspecified atom stereocenters. The van der Waals surface area contributed by atoms with Crippen LogP contribution in [0, 0.1) is 0 Å². The van der Waals surface area contributed by atoms with E-state index in [-0.39, 0.29) is 11.8 Å². The first-order chi connectivity index (χ1) is 15.0. The lowest BCUT2D eigenvalue weighted by Crippen LogP contribution is -2.29. The van der Waals surface area contributed by atoms with Crippen LogP contribution in [0.3, 0.4) is 0 Å². The number of thioether (sulfide) groups is 1. The Morgan fingerprint density at radius 1 is 1.19 bits per heavy atom. The topological polar surface area (TPSA) is 62.3 Å². The molecule has 0 atom stereocenters. The first kappa shape index (κ1) is 21.7. The molecule has 2 heterocycles. The SMILES string of the molecule is CCc1ccc(/C=C2\SC(=S)N(CCCC(=O)Nc3nc4ccccc4s3)C2=O)cc1. The van der Waals surface area contributed by atoms with Crippen molar-refractivity contribution in [2.45, 2.75) is 26.2 Å². The standard InChI is InChI=1S/C23H21N3O2S3/c1-2-15-9-11-16(12-10-15)14-19-21(28)26(23(29)31-19)13-5-8-20(27)25-22-24-17-6-3-4-7-18(17)30-22/h3-4,6-7,9-12,14H,2,5,8,13H2,1H3,(H,24,25,27)/b19-14-. The molecular formula is C23H21N3O2S3. The molecule has 8 heteroatoms. The Bertz CT molecular complexity index is 1140. The van der Waals surface area contributed by atoms with E-state index in [2.05, 4.69) is 29.4 Å². The lowest BCUT2D eigenvalue weighted by atomic mass is 10.1. The summed E-state index contributed by atoms with van der Waals surface area (Å²) < 4.78 is 1.57. The molecule has 1 saturated heterocycles. The predicted octanol–water partition coefficient (Wildman–Crippen LogP) is 5.48.